The van der Waals surface area contributed by atoms with Crippen LogP contribution in [0.3, 0.4) is 0 Å². The Balaban J connectivity index is 1.42. The van der Waals surface area contributed by atoms with Gasteiger partial charge in [-0.15, -0.1) is 11.3 Å². The minimum Gasteiger partial charge on any atom is -0.458 e. The number of hydrogen-bond acceptors (Lipinski definition) is 5. The van der Waals surface area contributed by atoms with Gasteiger partial charge < -0.3 is 15.1 Å². The SMILES string of the molecule is Cc1nc(-c2ccc(CNC(=O)[C@@]34CCCC[C@H]3CNC4)o2)cs1. The van der Waals surface area contributed by atoms with E-state index >= 15 is 0 Å². The Morgan fingerprint density at radius 1 is 1.50 bits per heavy atom. The first-order valence-electron chi connectivity index (χ1n) is 8.68. The second-order valence-corrected chi connectivity index (χ2v) is 7.99. The molecule has 0 bridgehead atoms. The summed E-state index contributed by atoms with van der Waals surface area (Å²) in [7, 11) is 0. The second-order valence-electron chi connectivity index (χ2n) is 6.93. The third kappa shape index (κ3) is 2.78. The van der Waals surface area contributed by atoms with Gasteiger partial charge in [0.05, 0.1) is 17.0 Å². The van der Waals surface area contributed by atoms with Crippen molar-refractivity contribution in [1.82, 2.24) is 15.6 Å². The minimum atomic E-state index is -0.209. The molecule has 1 amide bonds. The number of rotatable bonds is 4. The molecule has 1 saturated carbocycles. The average molecular weight is 345 g/mol. The van der Waals surface area contributed by atoms with Gasteiger partial charge in [0.1, 0.15) is 11.5 Å². The molecule has 0 radical (unpaired) electrons. The van der Waals surface area contributed by atoms with Crippen LogP contribution in [0.1, 0.15) is 36.5 Å². The molecular formula is C18H23N3O2S. The van der Waals surface area contributed by atoms with Crippen LogP contribution in [0.5, 0.6) is 0 Å². The lowest BCUT2D eigenvalue weighted by Gasteiger charge is -2.37. The molecule has 2 aromatic heterocycles. The molecule has 1 aliphatic heterocycles. The quantitative estimate of drug-likeness (QED) is 0.893. The van der Waals surface area contributed by atoms with Crippen LogP contribution in [0.25, 0.3) is 11.5 Å². The molecule has 1 aliphatic carbocycles. The molecule has 4 rings (SSSR count). The maximum Gasteiger partial charge on any atom is 0.228 e. The molecule has 0 spiro atoms. The summed E-state index contributed by atoms with van der Waals surface area (Å²) in [6.45, 7) is 4.21. The molecule has 3 heterocycles. The fourth-order valence-corrected chi connectivity index (χ4v) is 4.72. The highest BCUT2D eigenvalue weighted by Gasteiger charge is 2.49. The van der Waals surface area contributed by atoms with E-state index in [4.69, 9.17) is 4.42 Å². The van der Waals surface area contributed by atoms with Crippen LogP contribution in [-0.4, -0.2) is 24.0 Å². The molecule has 2 fully saturated rings. The van der Waals surface area contributed by atoms with E-state index in [0.29, 0.717) is 12.5 Å². The molecule has 2 atom stereocenters. The molecule has 2 aromatic rings. The molecular weight excluding hydrogens is 322 g/mol. The van der Waals surface area contributed by atoms with Crippen LogP contribution in [-0.2, 0) is 11.3 Å². The molecule has 5 nitrogen and oxygen atoms in total. The predicted molar refractivity (Wildman–Crippen MR) is 93.7 cm³/mol. The standard InChI is InChI=1S/C18H23N3O2S/c1-12-21-15(10-24-12)16-6-5-14(23-16)9-20-17(22)18-7-3-2-4-13(18)8-19-11-18/h5-6,10,13,19H,2-4,7-9,11H2,1H3,(H,20,22)/t13-,18+/m0/s1. The third-order valence-corrected chi connectivity index (χ3v) is 6.22. The number of thiazole rings is 1. The van der Waals surface area contributed by atoms with Gasteiger partial charge >= 0.3 is 0 Å². The number of carbonyl (C=O) groups is 1. The number of fused-ring (bicyclic) bond motifs is 1. The van der Waals surface area contributed by atoms with Crippen molar-refractivity contribution in [2.45, 2.75) is 39.2 Å². The van der Waals surface area contributed by atoms with Gasteiger partial charge in [0, 0.05) is 11.9 Å². The monoisotopic (exact) mass is 345 g/mol. The minimum absolute atomic E-state index is 0.180. The summed E-state index contributed by atoms with van der Waals surface area (Å²) in [5.74, 6) is 2.20. The number of hydrogen-bond donors (Lipinski definition) is 2. The predicted octanol–water partition coefficient (Wildman–Crippen LogP) is 3.11. The zero-order valence-corrected chi connectivity index (χ0v) is 14.7. The fourth-order valence-electron chi connectivity index (χ4n) is 4.12. The van der Waals surface area contributed by atoms with Gasteiger partial charge in [-0.05, 0) is 44.4 Å². The first kappa shape index (κ1) is 15.8. The fraction of sp³-hybridized carbons (Fsp3) is 0.556. The first-order valence-corrected chi connectivity index (χ1v) is 9.55. The Labute approximate surface area is 145 Å². The van der Waals surface area contributed by atoms with Gasteiger partial charge in [-0.2, -0.15) is 0 Å². The van der Waals surface area contributed by atoms with E-state index in [9.17, 15) is 4.79 Å². The summed E-state index contributed by atoms with van der Waals surface area (Å²) in [6.07, 6.45) is 4.56. The number of amides is 1. The molecule has 2 aliphatic rings. The van der Waals surface area contributed by atoms with Crippen LogP contribution in [0.2, 0.25) is 0 Å². The number of furan rings is 1. The Hall–Kier alpha value is -1.66. The Kier molecular flexibility index (Phi) is 4.18. The molecule has 1 saturated heterocycles. The zero-order chi connectivity index (χ0) is 16.6. The summed E-state index contributed by atoms with van der Waals surface area (Å²) in [6, 6.07) is 3.85. The van der Waals surface area contributed by atoms with E-state index in [1.54, 1.807) is 11.3 Å². The van der Waals surface area contributed by atoms with Crippen molar-refractivity contribution in [3.63, 3.8) is 0 Å². The smallest absolute Gasteiger partial charge is 0.228 e. The number of aromatic nitrogens is 1. The molecule has 2 N–H and O–H groups in total. The zero-order valence-electron chi connectivity index (χ0n) is 13.9. The van der Waals surface area contributed by atoms with Gasteiger partial charge in [-0.1, -0.05) is 12.8 Å². The van der Waals surface area contributed by atoms with Crippen molar-refractivity contribution in [2.24, 2.45) is 11.3 Å². The highest BCUT2D eigenvalue weighted by atomic mass is 32.1. The molecule has 24 heavy (non-hydrogen) atoms. The maximum atomic E-state index is 12.9. The van der Waals surface area contributed by atoms with E-state index in [1.165, 1.54) is 6.42 Å². The summed E-state index contributed by atoms with van der Waals surface area (Å²) in [5, 5.41) is 9.54. The normalized spacial score (nSPS) is 26.3. The van der Waals surface area contributed by atoms with Crippen molar-refractivity contribution in [3.05, 3.63) is 28.3 Å². The summed E-state index contributed by atoms with van der Waals surface area (Å²) >= 11 is 1.61. The van der Waals surface area contributed by atoms with Crippen molar-refractivity contribution in [1.29, 1.82) is 0 Å². The van der Waals surface area contributed by atoms with E-state index in [0.717, 1.165) is 54.6 Å². The molecule has 6 heteroatoms. The number of carbonyl (C=O) groups excluding carboxylic acids is 1. The lowest BCUT2D eigenvalue weighted by atomic mass is 9.67. The Bertz CT molecular complexity index is 738. The van der Waals surface area contributed by atoms with Crippen molar-refractivity contribution >= 4 is 17.2 Å². The van der Waals surface area contributed by atoms with Crippen LogP contribution in [0.15, 0.2) is 21.9 Å². The second kappa shape index (κ2) is 6.33. The highest BCUT2D eigenvalue weighted by molar-refractivity contribution is 7.09. The van der Waals surface area contributed by atoms with Gasteiger partial charge in [0.2, 0.25) is 5.91 Å². The average Bonchev–Trinajstić information content (AvgIpc) is 3.31. The van der Waals surface area contributed by atoms with Crippen LogP contribution < -0.4 is 10.6 Å². The van der Waals surface area contributed by atoms with E-state index in [2.05, 4.69) is 15.6 Å². The van der Waals surface area contributed by atoms with Crippen LogP contribution in [0, 0.1) is 18.3 Å². The van der Waals surface area contributed by atoms with Gasteiger partial charge in [0.15, 0.2) is 5.76 Å². The molecule has 128 valence electrons. The first-order chi connectivity index (χ1) is 11.7. The molecule has 0 aromatic carbocycles. The van der Waals surface area contributed by atoms with Crippen molar-refractivity contribution < 1.29 is 9.21 Å². The van der Waals surface area contributed by atoms with Crippen LogP contribution >= 0.6 is 11.3 Å². The topological polar surface area (TPSA) is 67.2 Å². The summed E-state index contributed by atoms with van der Waals surface area (Å²) in [4.78, 5) is 17.3. The van der Waals surface area contributed by atoms with E-state index in [1.807, 2.05) is 24.4 Å². The maximum absolute atomic E-state index is 12.9. The highest BCUT2D eigenvalue weighted by Crippen LogP contribution is 2.43. The lowest BCUT2D eigenvalue weighted by Crippen LogP contribution is -2.47. The number of nitrogens with zero attached hydrogens (tertiary/aromatic N) is 1. The van der Waals surface area contributed by atoms with Crippen molar-refractivity contribution in [2.75, 3.05) is 13.1 Å². The largest absolute Gasteiger partial charge is 0.458 e. The molecule has 0 unspecified atom stereocenters. The lowest BCUT2D eigenvalue weighted by molar-refractivity contribution is -0.134. The van der Waals surface area contributed by atoms with Crippen LogP contribution in [0.4, 0.5) is 0 Å². The van der Waals surface area contributed by atoms with Gasteiger partial charge in [0.25, 0.3) is 0 Å². The van der Waals surface area contributed by atoms with Gasteiger partial charge in [-0.25, -0.2) is 4.98 Å². The third-order valence-electron chi connectivity index (χ3n) is 5.45. The summed E-state index contributed by atoms with van der Waals surface area (Å²) in [5.41, 5.74) is 0.653. The van der Waals surface area contributed by atoms with E-state index in [-0.39, 0.29) is 11.3 Å². The number of aryl methyl sites for hydroxylation is 1. The Morgan fingerprint density at radius 3 is 3.25 bits per heavy atom. The van der Waals surface area contributed by atoms with Crippen molar-refractivity contribution in [3.8, 4) is 11.5 Å². The van der Waals surface area contributed by atoms with Gasteiger partial charge in [-0.3, -0.25) is 4.79 Å². The summed E-state index contributed by atoms with van der Waals surface area (Å²) < 4.78 is 5.84. The number of nitrogens with one attached hydrogen (secondary N) is 2. The Morgan fingerprint density at radius 2 is 2.42 bits per heavy atom. The van der Waals surface area contributed by atoms with E-state index < -0.39 is 0 Å².